The van der Waals surface area contributed by atoms with Gasteiger partial charge in [-0.05, 0) is 56.5 Å². The number of rotatable bonds is 7. The van der Waals surface area contributed by atoms with Crippen LogP contribution < -0.4 is 14.8 Å². The minimum absolute atomic E-state index is 0.0466. The summed E-state index contributed by atoms with van der Waals surface area (Å²) in [6, 6.07) is 13.5. The number of benzene rings is 2. The number of ether oxygens (including phenoxy) is 2. The van der Waals surface area contributed by atoms with Crippen LogP contribution in [0, 0.1) is 0 Å². The van der Waals surface area contributed by atoms with Gasteiger partial charge in [0, 0.05) is 25.8 Å². The summed E-state index contributed by atoms with van der Waals surface area (Å²) in [5.41, 5.74) is 2.45. The zero-order valence-electron chi connectivity index (χ0n) is 18.4. The Hall–Kier alpha value is -3.22. The second kappa shape index (κ2) is 8.49. The molecule has 4 rings (SSSR count). The van der Waals surface area contributed by atoms with Crippen molar-refractivity contribution in [2.75, 3.05) is 26.0 Å². The molecule has 31 heavy (non-hydrogen) atoms. The lowest BCUT2D eigenvalue weighted by molar-refractivity contribution is -0.135. The summed E-state index contributed by atoms with van der Waals surface area (Å²) in [5, 5.41) is 3.53. The van der Waals surface area contributed by atoms with E-state index in [2.05, 4.69) is 5.32 Å². The molecule has 1 aliphatic carbocycles. The van der Waals surface area contributed by atoms with Gasteiger partial charge in [0.15, 0.2) is 17.6 Å². The van der Waals surface area contributed by atoms with Crippen molar-refractivity contribution in [2.45, 2.75) is 45.0 Å². The number of hydrogen-bond donors (Lipinski definition) is 1. The van der Waals surface area contributed by atoms with Crippen LogP contribution in [-0.2, 0) is 4.79 Å². The number of carbonyl (C=O) groups excluding carboxylic acids is 2. The normalized spacial score (nSPS) is 18.6. The molecule has 7 nitrogen and oxygen atoms in total. The predicted octanol–water partition coefficient (Wildman–Crippen LogP) is 3.67. The Balaban J connectivity index is 1.66. The van der Waals surface area contributed by atoms with Gasteiger partial charge in [-0.2, -0.15) is 0 Å². The molecule has 2 aliphatic rings. The van der Waals surface area contributed by atoms with Crippen molar-refractivity contribution in [1.29, 1.82) is 0 Å². The van der Waals surface area contributed by atoms with E-state index in [0.29, 0.717) is 23.7 Å². The highest BCUT2D eigenvalue weighted by molar-refractivity contribution is 6.02. The van der Waals surface area contributed by atoms with Crippen molar-refractivity contribution in [3.63, 3.8) is 0 Å². The van der Waals surface area contributed by atoms with Gasteiger partial charge in [0.1, 0.15) is 6.17 Å². The Kier molecular flexibility index (Phi) is 5.76. The summed E-state index contributed by atoms with van der Waals surface area (Å²) in [5.74, 6) is 0.990. The smallest absolute Gasteiger partial charge is 0.262 e. The van der Waals surface area contributed by atoms with Crippen LogP contribution in [-0.4, -0.2) is 54.5 Å². The lowest BCUT2D eigenvalue weighted by atomic mass is 10.0. The highest BCUT2D eigenvalue weighted by atomic mass is 16.5. The minimum atomic E-state index is -0.635. The summed E-state index contributed by atoms with van der Waals surface area (Å²) in [6.45, 7) is 4.08. The predicted molar refractivity (Wildman–Crippen MR) is 118 cm³/mol. The molecule has 0 bridgehead atoms. The van der Waals surface area contributed by atoms with Crippen LogP contribution >= 0.6 is 0 Å². The maximum atomic E-state index is 13.2. The zero-order valence-corrected chi connectivity index (χ0v) is 18.4. The first-order valence-corrected chi connectivity index (χ1v) is 10.7. The third-order valence-electron chi connectivity index (χ3n) is 5.58. The van der Waals surface area contributed by atoms with Crippen LogP contribution in [0.2, 0.25) is 0 Å². The Morgan fingerprint density at radius 3 is 2.61 bits per heavy atom. The SMILES string of the molecule is CCOc1cc([C@H]2Nc3ccccc3C(=O)N2C2CC2)ccc1O[C@@H](C)C(=O)N(C)C. The number of fused-ring (bicyclic) bond motifs is 1. The molecule has 7 heteroatoms. The molecule has 1 heterocycles. The average Bonchev–Trinajstić information content (AvgIpc) is 3.59. The van der Waals surface area contributed by atoms with Crippen molar-refractivity contribution < 1.29 is 19.1 Å². The van der Waals surface area contributed by atoms with Gasteiger partial charge < -0.3 is 24.6 Å². The fourth-order valence-electron chi connectivity index (χ4n) is 3.91. The minimum Gasteiger partial charge on any atom is -0.490 e. The topological polar surface area (TPSA) is 71.1 Å². The standard InChI is InChI=1S/C24H29N3O4/c1-5-30-21-14-16(10-13-20(21)31-15(2)23(28)26(3)4)22-25-19-9-7-6-8-18(19)24(29)27(22)17-11-12-17/h6-10,13-15,17,22,25H,5,11-12H2,1-4H3/t15-,22-/m0/s1. The van der Waals surface area contributed by atoms with E-state index < -0.39 is 6.10 Å². The van der Waals surface area contributed by atoms with Gasteiger partial charge in [0.05, 0.1) is 12.2 Å². The second-order valence-electron chi connectivity index (χ2n) is 8.17. The van der Waals surface area contributed by atoms with Crippen molar-refractivity contribution in [1.82, 2.24) is 9.80 Å². The molecule has 0 unspecified atom stereocenters. The van der Waals surface area contributed by atoms with Crippen molar-refractivity contribution in [3.05, 3.63) is 53.6 Å². The number of para-hydroxylation sites is 1. The Morgan fingerprint density at radius 2 is 1.94 bits per heavy atom. The fraction of sp³-hybridized carbons (Fsp3) is 0.417. The van der Waals surface area contributed by atoms with E-state index in [1.54, 1.807) is 21.0 Å². The van der Waals surface area contributed by atoms with Crippen molar-refractivity contribution in [2.24, 2.45) is 0 Å². The summed E-state index contributed by atoms with van der Waals surface area (Å²) in [7, 11) is 3.40. The van der Waals surface area contributed by atoms with Crippen molar-refractivity contribution >= 4 is 17.5 Å². The fourth-order valence-corrected chi connectivity index (χ4v) is 3.91. The van der Waals surface area contributed by atoms with Gasteiger partial charge in [-0.3, -0.25) is 9.59 Å². The van der Waals surface area contributed by atoms with E-state index in [4.69, 9.17) is 9.47 Å². The van der Waals surface area contributed by atoms with E-state index in [-0.39, 0.29) is 24.0 Å². The Labute approximate surface area is 182 Å². The molecule has 1 fully saturated rings. The number of hydrogen-bond acceptors (Lipinski definition) is 5. The van der Waals surface area contributed by atoms with Crippen LogP contribution in [0.5, 0.6) is 11.5 Å². The maximum absolute atomic E-state index is 13.2. The number of anilines is 1. The molecule has 2 aromatic carbocycles. The molecule has 0 radical (unpaired) electrons. The summed E-state index contributed by atoms with van der Waals surface area (Å²) < 4.78 is 11.7. The molecule has 1 saturated carbocycles. The van der Waals surface area contributed by atoms with E-state index >= 15 is 0 Å². The van der Waals surface area contributed by atoms with Gasteiger partial charge in [0.25, 0.3) is 11.8 Å². The number of nitrogens with zero attached hydrogens (tertiary/aromatic N) is 2. The molecule has 2 aromatic rings. The molecule has 2 amide bonds. The summed E-state index contributed by atoms with van der Waals surface area (Å²) in [6.07, 6.45) is 1.10. The Morgan fingerprint density at radius 1 is 1.19 bits per heavy atom. The zero-order chi connectivity index (χ0) is 22.1. The molecule has 2 atom stereocenters. The quantitative estimate of drug-likeness (QED) is 0.736. The third-order valence-corrected chi connectivity index (χ3v) is 5.58. The molecule has 0 saturated heterocycles. The van der Waals surface area contributed by atoms with E-state index in [1.165, 1.54) is 4.90 Å². The number of amides is 2. The molecule has 1 N–H and O–H groups in total. The molecule has 164 valence electrons. The summed E-state index contributed by atoms with van der Waals surface area (Å²) >= 11 is 0. The first kappa shape index (κ1) is 21.0. The highest BCUT2D eigenvalue weighted by Crippen LogP contribution is 2.42. The Bertz CT molecular complexity index is 987. The van der Waals surface area contributed by atoms with Crippen LogP contribution in [0.4, 0.5) is 5.69 Å². The lowest BCUT2D eigenvalue weighted by Crippen LogP contribution is -2.44. The maximum Gasteiger partial charge on any atom is 0.262 e. The molecular formula is C24H29N3O4. The largest absolute Gasteiger partial charge is 0.490 e. The lowest BCUT2D eigenvalue weighted by Gasteiger charge is -2.38. The monoisotopic (exact) mass is 423 g/mol. The van der Waals surface area contributed by atoms with Crippen LogP contribution in [0.15, 0.2) is 42.5 Å². The van der Waals surface area contributed by atoms with Gasteiger partial charge in [-0.25, -0.2) is 0 Å². The molecular weight excluding hydrogens is 394 g/mol. The first-order valence-electron chi connectivity index (χ1n) is 10.7. The van der Waals surface area contributed by atoms with Gasteiger partial charge in [-0.1, -0.05) is 18.2 Å². The molecule has 0 aromatic heterocycles. The van der Waals surface area contributed by atoms with E-state index in [1.807, 2.05) is 54.3 Å². The van der Waals surface area contributed by atoms with E-state index in [0.717, 1.165) is 24.1 Å². The number of carbonyl (C=O) groups is 2. The first-order chi connectivity index (χ1) is 14.9. The number of likely N-dealkylation sites (N-methyl/N-ethyl adjacent to an activating group) is 1. The molecule has 0 spiro atoms. The van der Waals surface area contributed by atoms with Crippen LogP contribution in [0.3, 0.4) is 0 Å². The van der Waals surface area contributed by atoms with Crippen LogP contribution in [0.1, 0.15) is 48.8 Å². The van der Waals surface area contributed by atoms with Crippen LogP contribution in [0.25, 0.3) is 0 Å². The van der Waals surface area contributed by atoms with Gasteiger partial charge in [-0.15, -0.1) is 0 Å². The molecule has 1 aliphatic heterocycles. The van der Waals surface area contributed by atoms with Gasteiger partial charge in [0.2, 0.25) is 0 Å². The third kappa shape index (κ3) is 4.17. The number of nitrogens with one attached hydrogen (secondary N) is 1. The van der Waals surface area contributed by atoms with Gasteiger partial charge >= 0.3 is 0 Å². The van der Waals surface area contributed by atoms with Crippen molar-refractivity contribution in [3.8, 4) is 11.5 Å². The second-order valence-corrected chi connectivity index (χ2v) is 8.17. The highest BCUT2D eigenvalue weighted by Gasteiger charge is 2.42. The summed E-state index contributed by atoms with van der Waals surface area (Å²) in [4.78, 5) is 28.9. The average molecular weight is 424 g/mol. The van der Waals surface area contributed by atoms with E-state index in [9.17, 15) is 9.59 Å².